The van der Waals surface area contributed by atoms with Crippen LogP contribution in [0.4, 0.5) is 0 Å². The zero-order chi connectivity index (χ0) is 12.0. The average Bonchev–Trinajstić information content (AvgIpc) is 2.23. The Labute approximate surface area is 95.0 Å². The number of likely N-dealkylation sites (tertiary alicyclic amines) is 1. The van der Waals surface area contributed by atoms with Gasteiger partial charge in [-0.05, 0) is 26.4 Å². The molecule has 0 spiro atoms. The molecule has 1 atom stereocenters. The molecule has 1 aliphatic heterocycles. The third-order valence-electron chi connectivity index (χ3n) is 2.61. The van der Waals surface area contributed by atoms with Gasteiger partial charge in [-0.15, -0.1) is 0 Å². The largest absolute Gasteiger partial charge is 0.480 e. The normalized spacial score (nSPS) is 21.7. The molecule has 1 rings (SSSR count). The molecule has 1 fully saturated rings. The van der Waals surface area contributed by atoms with E-state index in [-0.39, 0.29) is 19.0 Å². The minimum atomic E-state index is -1.02. The van der Waals surface area contributed by atoms with E-state index >= 15 is 0 Å². The lowest BCUT2D eigenvalue weighted by atomic mass is 10.1. The number of carbonyl (C=O) groups is 2. The Bertz CT molecular complexity index is 258. The summed E-state index contributed by atoms with van der Waals surface area (Å²) in [5, 5.41) is 13.8. The first kappa shape index (κ1) is 12.9. The molecule has 0 aliphatic carbocycles. The van der Waals surface area contributed by atoms with Crippen LogP contribution in [0, 0.1) is 0 Å². The van der Waals surface area contributed by atoms with Crippen molar-refractivity contribution in [3.63, 3.8) is 0 Å². The van der Waals surface area contributed by atoms with E-state index in [2.05, 4.69) is 22.6 Å². The molecule has 0 radical (unpaired) electrons. The van der Waals surface area contributed by atoms with Gasteiger partial charge in [-0.2, -0.15) is 0 Å². The molecule has 0 bridgehead atoms. The lowest BCUT2D eigenvalue weighted by Gasteiger charge is -2.30. The van der Waals surface area contributed by atoms with Crippen molar-refractivity contribution in [1.29, 1.82) is 0 Å². The number of aliphatic carboxylic acids is 1. The van der Waals surface area contributed by atoms with Crippen LogP contribution in [0.5, 0.6) is 0 Å². The van der Waals surface area contributed by atoms with Crippen LogP contribution in [0.3, 0.4) is 0 Å². The summed E-state index contributed by atoms with van der Waals surface area (Å²) in [6, 6.07) is 0.328. The molecule has 1 unspecified atom stereocenters. The molecule has 1 saturated heterocycles. The van der Waals surface area contributed by atoms with Crippen LogP contribution >= 0.6 is 0 Å². The molecule has 16 heavy (non-hydrogen) atoms. The number of likely N-dealkylation sites (N-methyl/N-ethyl adjacent to an activating group) is 1. The van der Waals surface area contributed by atoms with E-state index in [1.54, 1.807) is 0 Å². The number of hydrogen-bond donors (Lipinski definition) is 3. The van der Waals surface area contributed by atoms with Gasteiger partial charge < -0.3 is 20.6 Å². The van der Waals surface area contributed by atoms with Crippen molar-refractivity contribution in [2.24, 2.45) is 0 Å². The fourth-order valence-electron chi connectivity index (χ4n) is 1.81. The van der Waals surface area contributed by atoms with Crippen molar-refractivity contribution in [3.05, 3.63) is 0 Å². The van der Waals surface area contributed by atoms with E-state index in [0.29, 0.717) is 6.04 Å². The van der Waals surface area contributed by atoms with Crippen LogP contribution < -0.4 is 10.6 Å². The van der Waals surface area contributed by atoms with Gasteiger partial charge in [-0.25, -0.2) is 0 Å². The number of nitrogens with zero attached hydrogens (tertiary/aromatic N) is 1. The number of carbonyl (C=O) groups excluding carboxylic acids is 1. The van der Waals surface area contributed by atoms with Gasteiger partial charge in [-0.1, -0.05) is 0 Å². The summed E-state index contributed by atoms with van der Waals surface area (Å²) in [5.41, 5.74) is 0. The molecular formula is C10H19N3O3. The Kier molecular flexibility index (Phi) is 5.21. The third kappa shape index (κ3) is 5.09. The fourth-order valence-corrected chi connectivity index (χ4v) is 1.81. The molecule has 0 aromatic heterocycles. The summed E-state index contributed by atoms with van der Waals surface area (Å²) < 4.78 is 0. The monoisotopic (exact) mass is 229 g/mol. The maximum absolute atomic E-state index is 11.2. The Hall–Kier alpha value is -1.14. The quantitative estimate of drug-likeness (QED) is 0.556. The summed E-state index contributed by atoms with van der Waals surface area (Å²) in [4.78, 5) is 23.7. The lowest BCUT2D eigenvalue weighted by molar-refractivity contribution is -0.137. The minimum absolute atomic E-state index is 0.186. The highest BCUT2D eigenvalue weighted by atomic mass is 16.4. The first-order valence-electron chi connectivity index (χ1n) is 5.48. The molecule has 3 N–H and O–H groups in total. The Morgan fingerprint density at radius 3 is 2.81 bits per heavy atom. The SMILES string of the molecule is CN1CCCC(NCC(=O)NCC(=O)O)C1. The van der Waals surface area contributed by atoms with Gasteiger partial charge in [-0.3, -0.25) is 9.59 Å². The van der Waals surface area contributed by atoms with E-state index in [1.165, 1.54) is 0 Å². The van der Waals surface area contributed by atoms with E-state index in [4.69, 9.17) is 5.11 Å². The summed E-state index contributed by atoms with van der Waals surface area (Å²) in [7, 11) is 2.05. The number of hydrogen-bond acceptors (Lipinski definition) is 4. The topological polar surface area (TPSA) is 81.7 Å². The van der Waals surface area contributed by atoms with Crippen molar-refractivity contribution < 1.29 is 14.7 Å². The molecule has 1 heterocycles. The van der Waals surface area contributed by atoms with E-state index in [0.717, 1.165) is 25.9 Å². The minimum Gasteiger partial charge on any atom is -0.480 e. The van der Waals surface area contributed by atoms with Gasteiger partial charge in [0, 0.05) is 12.6 Å². The zero-order valence-electron chi connectivity index (χ0n) is 9.53. The second-order valence-electron chi connectivity index (χ2n) is 4.15. The predicted molar refractivity (Wildman–Crippen MR) is 59.2 cm³/mol. The molecule has 1 amide bonds. The van der Waals surface area contributed by atoms with E-state index in [1.807, 2.05) is 0 Å². The highest BCUT2D eigenvalue weighted by Crippen LogP contribution is 2.07. The van der Waals surface area contributed by atoms with Gasteiger partial charge >= 0.3 is 5.97 Å². The molecule has 6 heteroatoms. The predicted octanol–water partition coefficient (Wildman–Crippen LogP) is -1.13. The van der Waals surface area contributed by atoms with E-state index in [9.17, 15) is 9.59 Å². The van der Waals surface area contributed by atoms with Gasteiger partial charge in [0.15, 0.2) is 0 Å². The summed E-state index contributed by atoms with van der Waals surface area (Å²) in [6.45, 7) is 1.91. The smallest absolute Gasteiger partial charge is 0.322 e. The van der Waals surface area contributed by atoms with Crippen LogP contribution in [-0.2, 0) is 9.59 Å². The molecule has 0 saturated carbocycles. The number of carboxylic acids is 1. The molecule has 1 aliphatic rings. The van der Waals surface area contributed by atoms with Crippen LogP contribution in [0.2, 0.25) is 0 Å². The number of carboxylic acid groups (broad SMARTS) is 1. The van der Waals surface area contributed by atoms with Gasteiger partial charge in [0.2, 0.25) is 5.91 Å². The Morgan fingerprint density at radius 2 is 2.19 bits per heavy atom. The second-order valence-corrected chi connectivity index (χ2v) is 4.15. The highest BCUT2D eigenvalue weighted by molar-refractivity contribution is 5.82. The Morgan fingerprint density at radius 1 is 1.44 bits per heavy atom. The van der Waals surface area contributed by atoms with Gasteiger partial charge in [0.1, 0.15) is 6.54 Å². The van der Waals surface area contributed by atoms with Crippen molar-refractivity contribution in [3.8, 4) is 0 Å². The zero-order valence-corrected chi connectivity index (χ0v) is 9.53. The standard InChI is InChI=1S/C10H19N3O3/c1-13-4-2-3-8(7-13)11-5-9(14)12-6-10(15)16/h8,11H,2-7H2,1H3,(H,12,14)(H,15,16). The van der Waals surface area contributed by atoms with Crippen molar-refractivity contribution >= 4 is 11.9 Å². The molecular weight excluding hydrogens is 210 g/mol. The van der Waals surface area contributed by atoms with Crippen LogP contribution in [0.1, 0.15) is 12.8 Å². The number of piperidine rings is 1. The molecule has 0 aromatic carbocycles. The maximum atomic E-state index is 11.2. The summed E-state index contributed by atoms with van der Waals surface area (Å²) >= 11 is 0. The van der Waals surface area contributed by atoms with Crippen molar-refractivity contribution in [2.45, 2.75) is 18.9 Å². The number of nitrogens with one attached hydrogen (secondary N) is 2. The molecule has 0 aromatic rings. The summed E-state index contributed by atoms with van der Waals surface area (Å²) in [6.07, 6.45) is 2.20. The van der Waals surface area contributed by atoms with Crippen LogP contribution in [0.15, 0.2) is 0 Å². The first-order valence-corrected chi connectivity index (χ1v) is 5.48. The lowest BCUT2D eigenvalue weighted by Crippen LogP contribution is -2.47. The van der Waals surface area contributed by atoms with Crippen molar-refractivity contribution in [1.82, 2.24) is 15.5 Å². The third-order valence-corrected chi connectivity index (χ3v) is 2.61. The van der Waals surface area contributed by atoms with Crippen molar-refractivity contribution in [2.75, 3.05) is 33.2 Å². The number of amides is 1. The second kappa shape index (κ2) is 6.44. The average molecular weight is 229 g/mol. The maximum Gasteiger partial charge on any atom is 0.322 e. The fraction of sp³-hybridized carbons (Fsp3) is 0.800. The highest BCUT2D eigenvalue weighted by Gasteiger charge is 2.17. The molecule has 6 nitrogen and oxygen atoms in total. The van der Waals surface area contributed by atoms with E-state index < -0.39 is 5.97 Å². The number of rotatable bonds is 5. The van der Waals surface area contributed by atoms with Crippen LogP contribution in [0.25, 0.3) is 0 Å². The summed E-state index contributed by atoms with van der Waals surface area (Å²) in [5.74, 6) is -1.29. The Balaban J connectivity index is 2.13. The van der Waals surface area contributed by atoms with Gasteiger partial charge in [0.25, 0.3) is 0 Å². The van der Waals surface area contributed by atoms with Gasteiger partial charge in [0.05, 0.1) is 6.54 Å². The molecule has 92 valence electrons. The van der Waals surface area contributed by atoms with Crippen LogP contribution in [-0.4, -0.2) is 61.2 Å². The first-order chi connectivity index (χ1) is 7.58.